The quantitative estimate of drug-likeness (QED) is 0.560. The van der Waals surface area contributed by atoms with E-state index >= 15 is 0 Å². The van der Waals surface area contributed by atoms with Crippen molar-refractivity contribution in [1.29, 1.82) is 5.26 Å². The number of benzene rings is 2. The molecule has 0 atom stereocenters. The van der Waals surface area contributed by atoms with Crippen LogP contribution in [0.1, 0.15) is 5.82 Å². The predicted molar refractivity (Wildman–Crippen MR) is 94.2 cm³/mol. The highest BCUT2D eigenvalue weighted by molar-refractivity contribution is 5.79. The minimum Gasteiger partial charge on any atom is -0.439 e. The highest BCUT2D eigenvalue weighted by atomic mass is 16.5. The molecule has 2 aromatic carbocycles. The van der Waals surface area contributed by atoms with Crippen LogP contribution < -0.4 is 16.2 Å². The normalized spacial score (nSPS) is 9.88. The summed E-state index contributed by atoms with van der Waals surface area (Å²) in [5.41, 5.74) is 13.4. The second-order valence-electron chi connectivity index (χ2n) is 5.04. The van der Waals surface area contributed by atoms with Gasteiger partial charge in [0.2, 0.25) is 11.7 Å². The van der Waals surface area contributed by atoms with Crippen molar-refractivity contribution in [3.63, 3.8) is 0 Å². The van der Waals surface area contributed by atoms with Crippen LogP contribution in [0.2, 0.25) is 0 Å². The van der Waals surface area contributed by atoms with Crippen molar-refractivity contribution >= 4 is 11.6 Å². The highest BCUT2D eigenvalue weighted by Crippen LogP contribution is 2.27. The Morgan fingerprint density at radius 1 is 1.04 bits per heavy atom. The molecule has 1 aromatic heterocycles. The second-order valence-corrected chi connectivity index (χ2v) is 5.04. The molecule has 3 rings (SSSR count). The van der Waals surface area contributed by atoms with Gasteiger partial charge in [0.15, 0.2) is 5.96 Å². The van der Waals surface area contributed by atoms with Gasteiger partial charge in [0.1, 0.15) is 11.8 Å². The van der Waals surface area contributed by atoms with Crippen LogP contribution in [0.4, 0.5) is 5.69 Å². The van der Waals surface area contributed by atoms with Gasteiger partial charge in [0.25, 0.3) is 0 Å². The maximum atomic E-state index is 8.84. The third-order valence-corrected chi connectivity index (χ3v) is 3.25. The van der Waals surface area contributed by atoms with E-state index in [-0.39, 0.29) is 11.8 Å². The number of guanidine groups is 1. The highest BCUT2D eigenvalue weighted by Gasteiger charge is 2.04. The Hall–Kier alpha value is -3.92. The fraction of sp³-hybridized carbons (Fsp3) is 0. The Kier molecular flexibility index (Phi) is 4.53. The van der Waals surface area contributed by atoms with Gasteiger partial charge in [-0.3, -0.25) is 0 Å². The van der Waals surface area contributed by atoms with Crippen LogP contribution >= 0.6 is 0 Å². The molecule has 25 heavy (non-hydrogen) atoms. The van der Waals surface area contributed by atoms with E-state index in [0.717, 1.165) is 11.1 Å². The minimum absolute atomic E-state index is 0.0183. The predicted octanol–water partition coefficient (Wildman–Crippen LogP) is 2.71. The molecule has 0 aliphatic rings. The number of nitrogens with zero attached hydrogens (tertiary/aromatic N) is 4. The van der Waals surface area contributed by atoms with E-state index in [0.29, 0.717) is 17.3 Å². The molecule has 0 fully saturated rings. The number of rotatable bonds is 4. The van der Waals surface area contributed by atoms with E-state index in [9.17, 15) is 0 Å². The van der Waals surface area contributed by atoms with Crippen LogP contribution in [-0.4, -0.2) is 15.9 Å². The first kappa shape index (κ1) is 16.0. The lowest BCUT2D eigenvalue weighted by atomic mass is 10.1. The van der Waals surface area contributed by atoms with Gasteiger partial charge in [0.05, 0.1) is 5.69 Å². The van der Waals surface area contributed by atoms with Crippen LogP contribution in [-0.2, 0) is 0 Å². The van der Waals surface area contributed by atoms with Crippen molar-refractivity contribution in [3.05, 3.63) is 66.6 Å². The first-order chi connectivity index (χ1) is 12.1. The minimum atomic E-state index is 0.0183. The summed E-state index contributed by atoms with van der Waals surface area (Å²) in [4.78, 5) is 11.8. The number of nitrogens with two attached hydrogens (primary N) is 2. The first-order valence-corrected chi connectivity index (χ1v) is 7.35. The standard InChI is InChI=1S/C18H14N6O/c19-11-16-22-9-8-17(24-16)25-15-3-1-2-13(10-15)12-4-6-14(7-5-12)23-18(20)21/h1-10H,(H4,20,21,23). The average Bonchev–Trinajstić information content (AvgIpc) is 2.62. The summed E-state index contributed by atoms with van der Waals surface area (Å²) < 4.78 is 5.70. The Morgan fingerprint density at radius 2 is 1.84 bits per heavy atom. The molecule has 4 N–H and O–H groups in total. The van der Waals surface area contributed by atoms with Crippen LogP contribution in [0.15, 0.2) is 65.8 Å². The van der Waals surface area contributed by atoms with E-state index in [1.165, 1.54) is 6.20 Å². The molecule has 3 aromatic rings. The zero-order valence-electron chi connectivity index (χ0n) is 13.1. The number of aromatic nitrogens is 2. The molecule has 0 aliphatic carbocycles. The van der Waals surface area contributed by atoms with Crippen molar-refractivity contribution in [2.24, 2.45) is 16.5 Å². The van der Waals surface area contributed by atoms with Gasteiger partial charge in [-0.05, 0) is 35.4 Å². The summed E-state index contributed by atoms with van der Waals surface area (Å²) in [5, 5.41) is 8.84. The van der Waals surface area contributed by atoms with Crippen LogP contribution in [0, 0.1) is 11.3 Å². The van der Waals surface area contributed by atoms with Crippen LogP contribution in [0.3, 0.4) is 0 Å². The van der Waals surface area contributed by atoms with Gasteiger partial charge in [-0.1, -0.05) is 24.3 Å². The molecule has 1 heterocycles. The molecule has 0 bridgehead atoms. The van der Waals surface area contributed by atoms with E-state index < -0.39 is 0 Å². The number of ether oxygens (including phenoxy) is 1. The molecule has 0 radical (unpaired) electrons. The molecule has 0 spiro atoms. The number of aliphatic imine (C=N–C) groups is 1. The fourth-order valence-corrected chi connectivity index (χ4v) is 2.19. The topological polar surface area (TPSA) is 123 Å². The van der Waals surface area contributed by atoms with Gasteiger partial charge < -0.3 is 16.2 Å². The Morgan fingerprint density at radius 3 is 2.56 bits per heavy atom. The molecule has 7 nitrogen and oxygen atoms in total. The molecule has 0 unspecified atom stereocenters. The molecular weight excluding hydrogens is 316 g/mol. The van der Waals surface area contributed by atoms with Crippen molar-refractivity contribution < 1.29 is 4.74 Å². The van der Waals surface area contributed by atoms with E-state index in [4.69, 9.17) is 21.5 Å². The molecule has 0 saturated heterocycles. The van der Waals surface area contributed by atoms with Crippen LogP contribution in [0.5, 0.6) is 11.6 Å². The van der Waals surface area contributed by atoms with Gasteiger partial charge in [0, 0.05) is 12.3 Å². The Labute approximate surface area is 144 Å². The monoisotopic (exact) mass is 330 g/mol. The third-order valence-electron chi connectivity index (χ3n) is 3.25. The number of hydrogen-bond donors (Lipinski definition) is 2. The summed E-state index contributed by atoms with van der Waals surface area (Å²) in [6, 6.07) is 18.5. The maximum absolute atomic E-state index is 8.84. The van der Waals surface area contributed by atoms with Crippen molar-refractivity contribution in [2.45, 2.75) is 0 Å². The second kappa shape index (κ2) is 7.10. The fourth-order valence-electron chi connectivity index (χ4n) is 2.19. The third kappa shape index (κ3) is 4.09. The van der Waals surface area contributed by atoms with Gasteiger partial charge in [-0.2, -0.15) is 10.2 Å². The molecule has 0 aliphatic heterocycles. The molecule has 0 amide bonds. The lowest BCUT2D eigenvalue weighted by molar-refractivity contribution is 0.461. The number of hydrogen-bond acceptors (Lipinski definition) is 5. The summed E-state index contributed by atoms with van der Waals surface area (Å²) in [6.45, 7) is 0. The summed E-state index contributed by atoms with van der Waals surface area (Å²) in [6.07, 6.45) is 1.48. The lowest BCUT2D eigenvalue weighted by Gasteiger charge is -2.07. The van der Waals surface area contributed by atoms with Crippen molar-refractivity contribution in [1.82, 2.24) is 9.97 Å². The molecule has 7 heteroatoms. The number of nitriles is 1. The van der Waals surface area contributed by atoms with Gasteiger partial charge in [-0.15, -0.1) is 0 Å². The SMILES string of the molecule is N#Cc1nccc(Oc2cccc(-c3ccc(N=C(N)N)cc3)c2)n1. The molecule has 122 valence electrons. The van der Waals surface area contributed by atoms with Crippen molar-refractivity contribution in [2.75, 3.05) is 0 Å². The first-order valence-electron chi connectivity index (χ1n) is 7.35. The molecule has 0 saturated carbocycles. The molecular formula is C18H14N6O. The summed E-state index contributed by atoms with van der Waals surface area (Å²) >= 11 is 0. The largest absolute Gasteiger partial charge is 0.439 e. The summed E-state index contributed by atoms with van der Waals surface area (Å²) in [5.74, 6) is 0.994. The Bertz CT molecular complexity index is 956. The summed E-state index contributed by atoms with van der Waals surface area (Å²) in [7, 11) is 0. The zero-order chi connectivity index (χ0) is 17.6. The zero-order valence-corrected chi connectivity index (χ0v) is 13.1. The van der Waals surface area contributed by atoms with E-state index in [2.05, 4.69) is 15.0 Å². The van der Waals surface area contributed by atoms with Gasteiger partial charge in [-0.25, -0.2) is 9.98 Å². The van der Waals surface area contributed by atoms with E-state index in [1.807, 2.05) is 54.6 Å². The lowest BCUT2D eigenvalue weighted by Crippen LogP contribution is -2.21. The average molecular weight is 330 g/mol. The van der Waals surface area contributed by atoms with E-state index in [1.54, 1.807) is 6.07 Å². The maximum Gasteiger partial charge on any atom is 0.235 e. The van der Waals surface area contributed by atoms with Crippen molar-refractivity contribution in [3.8, 4) is 28.8 Å². The smallest absolute Gasteiger partial charge is 0.235 e. The van der Waals surface area contributed by atoms with Gasteiger partial charge >= 0.3 is 0 Å². The Balaban J connectivity index is 1.84. The van der Waals surface area contributed by atoms with Crippen LogP contribution in [0.25, 0.3) is 11.1 Å².